The number of aromatic nitrogens is 1. The van der Waals surface area contributed by atoms with Gasteiger partial charge in [-0.05, 0) is 36.1 Å². The van der Waals surface area contributed by atoms with Gasteiger partial charge in [0, 0.05) is 42.0 Å². The van der Waals surface area contributed by atoms with Crippen LogP contribution < -0.4 is 0 Å². The van der Waals surface area contributed by atoms with Crippen LogP contribution in [0.1, 0.15) is 62.8 Å². The molecule has 0 saturated carbocycles. The van der Waals surface area contributed by atoms with Crippen LogP contribution in [0.25, 0.3) is 0 Å². The van der Waals surface area contributed by atoms with Gasteiger partial charge in [-0.3, -0.25) is 4.98 Å². The summed E-state index contributed by atoms with van der Waals surface area (Å²) in [5, 5.41) is 22.2. The highest BCUT2D eigenvalue weighted by Gasteiger charge is 2.55. The molecule has 0 spiro atoms. The summed E-state index contributed by atoms with van der Waals surface area (Å²) in [4.78, 5) is 6.59. The van der Waals surface area contributed by atoms with Crippen molar-refractivity contribution >= 4 is 0 Å². The average Bonchev–Trinajstić information content (AvgIpc) is 2.70. The number of likely N-dealkylation sites (tertiary alicyclic amines) is 1. The zero-order valence-electron chi connectivity index (χ0n) is 19.0. The third-order valence-electron chi connectivity index (χ3n) is 6.26. The zero-order valence-corrected chi connectivity index (χ0v) is 19.0. The van der Waals surface area contributed by atoms with E-state index in [9.17, 15) is 10.2 Å². The van der Waals surface area contributed by atoms with E-state index < -0.39 is 11.7 Å². The largest absolute Gasteiger partial charge is 0.380 e. The molecule has 1 fully saturated rings. The molecule has 0 aliphatic carbocycles. The molecule has 0 amide bonds. The van der Waals surface area contributed by atoms with Gasteiger partial charge >= 0.3 is 0 Å². The Hall–Kier alpha value is -2.19. The lowest BCUT2D eigenvalue weighted by Crippen LogP contribution is -2.63. The molecular formula is C26H34N2O2. The van der Waals surface area contributed by atoms with Crippen LogP contribution >= 0.6 is 0 Å². The van der Waals surface area contributed by atoms with Crippen LogP contribution in [0, 0.1) is 23.2 Å². The topological polar surface area (TPSA) is 56.6 Å². The van der Waals surface area contributed by atoms with Crippen molar-refractivity contribution in [2.75, 3.05) is 20.1 Å². The molecule has 1 aliphatic rings. The molecule has 0 radical (unpaired) electrons. The monoisotopic (exact) mass is 406 g/mol. The number of benzene rings is 1. The summed E-state index contributed by atoms with van der Waals surface area (Å²) in [6, 6.07) is 10.2. The van der Waals surface area contributed by atoms with Crippen LogP contribution in [0.2, 0.25) is 0 Å². The van der Waals surface area contributed by atoms with E-state index >= 15 is 0 Å². The third-order valence-corrected chi connectivity index (χ3v) is 6.26. The number of aliphatic hydroxyl groups is 2. The summed E-state index contributed by atoms with van der Waals surface area (Å²) in [7, 11) is 2.07. The van der Waals surface area contributed by atoms with Gasteiger partial charge in [0.05, 0.1) is 0 Å². The predicted molar refractivity (Wildman–Crippen MR) is 121 cm³/mol. The lowest BCUT2D eigenvalue weighted by Gasteiger charge is -2.55. The second kappa shape index (κ2) is 8.51. The van der Waals surface area contributed by atoms with Gasteiger partial charge in [0.2, 0.25) is 0 Å². The minimum Gasteiger partial charge on any atom is -0.380 e. The number of pyridine rings is 1. The Morgan fingerprint density at radius 1 is 1.07 bits per heavy atom. The Kier molecular flexibility index (Phi) is 6.38. The molecule has 1 aliphatic heterocycles. The van der Waals surface area contributed by atoms with Gasteiger partial charge in [-0.2, -0.15) is 0 Å². The molecule has 30 heavy (non-hydrogen) atoms. The molecule has 2 heterocycles. The molecule has 2 atom stereocenters. The van der Waals surface area contributed by atoms with Gasteiger partial charge in [-0.25, -0.2) is 0 Å². The number of rotatable bonds is 5. The third kappa shape index (κ3) is 4.16. The van der Waals surface area contributed by atoms with Crippen LogP contribution in [0.5, 0.6) is 0 Å². The first-order valence-electron chi connectivity index (χ1n) is 10.7. The van der Waals surface area contributed by atoms with E-state index in [1.165, 1.54) is 5.56 Å². The maximum Gasteiger partial charge on any atom is 0.124 e. The molecule has 0 bridgehead atoms. The van der Waals surface area contributed by atoms with E-state index in [1.54, 1.807) is 12.4 Å². The van der Waals surface area contributed by atoms with E-state index in [-0.39, 0.29) is 11.3 Å². The zero-order chi connectivity index (χ0) is 22.1. The fourth-order valence-corrected chi connectivity index (χ4v) is 4.38. The molecule has 2 N–H and O–H groups in total. The summed E-state index contributed by atoms with van der Waals surface area (Å²) >= 11 is 0. The first kappa shape index (κ1) is 22.5. The highest BCUT2D eigenvalue weighted by atomic mass is 16.3. The van der Waals surface area contributed by atoms with Gasteiger partial charge < -0.3 is 15.1 Å². The average molecular weight is 407 g/mol. The van der Waals surface area contributed by atoms with Gasteiger partial charge in [-0.15, -0.1) is 0 Å². The Labute approximate surface area is 181 Å². The normalized spacial score (nSPS) is 19.0. The smallest absolute Gasteiger partial charge is 0.124 e. The van der Waals surface area contributed by atoms with Crippen molar-refractivity contribution in [3.63, 3.8) is 0 Å². The van der Waals surface area contributed by atoms with Crippen LogP contribution in [0.4, 0.5) is 0 Å². The molecular weight excluding hydrogens is 372 g/mol. The van der Waals surface area contributed by atoms with Crippen molar-refractivity contribution in [3.05, 3.63) is 65.0 Å². The van der Waals surface area contributed by atoms with Crippen LogP contribution in [0.15, 0.2) is 42.7 Å². The lowest BCUT2D eigenvalue weighted by atomic mass is 9.62. The SMILES string of the molecule is CC(C)c1ccc(C(O)(c2cncc(C#CC(O)C(C)C)c2)C2(C)CN(C)C2)cc1. The number of nitrogens with zero attached hydrogens (tertiary/aromatic N) is 2. The molecule has 1 aromatic carbocycles. The Bertz CT molecular complexity index is 933. The Morgan fingerprint density at radius 2 is 1.70 bits per heavy atom. The molecule has 4 heteroatoms. The molecule has 160 valence electrons. The summed E-state index contributed by atoms with van der Waals surface area (Å²) < 4.78 is 0. The van der Waals surface area contributed by atoms with Gasteiger partial charge in [0.1, 0.15) is 11.7 Å². The first-order valence-corrected chi connectivity index (χ1v) is 10.7. The molecule has 3 rings (SSSR count). The van der Waals surface area contributed by atoms with Gasteiger partial charge in [0.15, 0.2) is 0 Å². The summed E-state index contributed by atoms with van der Waals surface area (Å²) in [6.45, 7) is 11.9. The maximum atomic E-state index is 12.2. The molecule has 4 nitrogen and oxygen atoms in total. The van der Waals surface area contributed by atoms with Crippen molar-refractivity contribution in [1.29, 1.82) is 0 Å². The number of aliphatic hydroxyl groups excluding tert-OH is 1. The standard InChI is InChI=1S/C26H34N2O2/c1-18(2)21-8-10-22(11-9-21)26(30,25(5)16-28(6)17-25)23-13-20(14-27-15-23)7-12-24(29)19(3)4/h8-11,13-15,18-19,24,29-30H,16-17H2,1-6H3. The molecule has 2 unspecified atom stereocenters. The number of hydrogen-bond donors (Lipinski definition) is 2. The Balaban J connectivity index is 2.07. The van der Waals surface area contributed by atoms with Crippen LogP contribution in [-0.4, -0.2) is 46.3 Å². The van der Waals surface area contributed by atoms with Gasteiger partial charge in [-0.1, -0.05) is 70.7 Å². The summed E-state index contributed by atoms with van der Waals surface area (Å²) in [6.07, 6.45) is 2.74. The fourth-order valence-electron chi connectivity index (χ4n) is 4.38. The highest BCUT2D eigenvalue weighted by molar-refractivity contribution is 5.44. The van der Waals surface area contributed by atoms with E-state index in [0.29, 0.717) is 11.5 Å². The molecule has 1 aromatic heterocycles. The second-order valence-corrected chi connectivity index (χ2v) is 9.64. The van der Waals surface area contributed by atoms with Crippen molar-refractivity contribution in [1.82, 2.24) is 9.88 Å². The van der Waals surface area contributed by atoms with E-state index in [2.05, 4.69) is 61.7 Å². The van der Waals surface area contributed by atoms with E-state index in [0.717, 1.165) is 24.2 Å². The highest BCUT2D eigenvalue weighted by Crippen LogP contribution is 2.50. The predicted octanol–water partition coefficient (Wildman–Crippen LogP) is 3.76. The number of hydrogen-bond acceptors (Lipinski definition) is 4. The first-order chi connectivity index (χ1) is 14.1. The van der Waals surface area contributed by atoms with Crippen molar-refractivity contribution in [2.24, 2.45) is 11.3 Å². The lowest BCUT2D eigenvalue weighted by molar-refractivity contribution is -0.127. The van der Waals surface area contributed by atoms with Crippen molar-refractivity contribution < 1.29 is 10.2 Å². The summed E-state index contributed by atoms with van der Waals surface area (Å²) in [5.74, 6) is 6.41. The van der Waals surface area contributed by atoms with Crippen LogP contribution in [0.3, 0.4) is 0 Å². The maximum absolute atomic E-state index is 12.2. The summed E-state index contributed by atoms with van der Waals surface area (Å²) in [5.41, 5.74) is 2.03. The second-order valence-electron chi connectivity index (χ2n) is 9.64. The van der Waals surface area contributed by atoms with Crippen LogP contribution in [-0.2, 0) is 5.60 Å². The molecule has 1 saturated heterocycles. The quantitative estimate of drug-likeness (QED) is 0.743. The van der Waals surface area contributed by atoms with Gasteiger partial charge in [0.25, 0.3) is 0 Å². The van der Waals surface area contributed by atoms with E-state index in [4.69, 9.17) is 0 Å². The Morgan fingerprint density at radius 3 is 2.23 bits per heavy atom. The fraction of sp³-hybridized carbons (Fsp3) is 0.500. The minimum absolute atomic E-state index is 0.0643. The minimum atomic E-state index is -1.18. The van der Waals surface area contributed by atoms with Crippen molar-refractivity contribution in [2.45, 2.75) is 52.2 Å². The van der Waals surface area contributed by atoms with E-state index in [1.807, 2.05) is 32.0 Å². The molecule has 2 aromatic rings. The van der Waals surface area contributed by atoms with Crippen molar-refractivity contribution in [3.8, 4) is 11.8 Å².